The van der Waals surface area contributed by atoms with Crippen molar-refractivity contribution in [3.63, 3.8) is 0 Å². The van der Waals surface area contributed by atoms with Gasteiger partial charge in [-0.1, -0.05) is 48.2 Å². The van der Waals surface area contributed by atoms with Gasteiger partial charge in [0.1, 0.15) is 11.8 Å². The molecule has 4 aromatic rings. The average Bonchev–Trinajstić information content (AvgIpc) is 2.91. The summed E-state index contributed by atoms with van der Waals surface area (Å²) < 4.78 is 37.2. The van der Waals surface area contributed by atoms with E-state index < -0.39 is 22.0 Å². The number of methoxy groups -OCH3 is 2. The van der Waals surface area contributed by atoms with Gasteiger partial charge in [-0.05, 0) is 77.4 Å². The fourth-order valence-corrected chi connectivity index (χ4v) is 4.86. The zero-order valence-corrected chi connectivity index (χ0v) is 20.9. The van der Waals surface area contributed by atoms with Gasteiger partial charge in [-0.15, -0.1) is 0 Å². The third kappa shape index (κ3) is 5.74. The lowest BCUT2D eigenvalue weighted by Gasteiger charge is -2.12. The number of hydrogen-bond donors (Lipinski definition) is 1. The van der Waals surface area contributed by atoms with E-state index in [-0.39, 0.29) is 4.90 Å². The maximum atomic E-state index is 12.5. The third-order valence-corrected chi connectivity index (χ3v) is 7.22. The van der Waals surface area contributed by atoms with Crippen LogP contribution in [0.15, 0.2) is 89.8 Å². The zero-order chi connectivity index (χ0) is 25.7. The number of ether oxygens (including phenoxy) is 2. The predicted molar refractivity (Wildman–Crippen MR) is 140 cm³/mol. The fraction of sp³-hybridized carbons (Fsp3) is 0.138. The highest BCUT2D eigenvalue weighted by Gasteiger charge is 2.22. The summed E-state index contributed by atoms with van der Waals surface area (Å²) in [7, 11) is -0.986. The summed E-state index contributed by atoms with van der Waals surface area (Å²) >= 11 is 0. The minimum Gasteiger partial charge on any atom is -0.497 e. The Labute approximate surface area is 210 Å². The lowest BCUT2D eigenvalue weighted by Crippen LogP contribution is -2.39. The summed E-state index contributed by atoms with van der Waals surface area (Å²) in [6.45, 7) is 1.43. The van der Waals surface area contributed by atoms with Crippen molar-refractivity contribution in [1.82, 2.24) is 4.72 Å². The number of carbonyl (C=O) groups excluding carboxylic acids is 1. The second-order valence-corrected chi connectivity index (χ2v) is 9.86. The Morgan fingerprint density at radius 3 is 1.97 bits per heavy atom. The summed E-state index contributed by atoms with van der Waals surface area (Å²) in [6.07, 6.45) is 0. The van der Waals surface area contributed by atoms with Gasteiger partial charge in [-0.3, -0.25) is 4.79 Å². The molecule has 0 radical (unpaired) electrons. The Morgan fingerprint density at radius 2 is 1.33 bits per heavy atom. The number of hydrogen-bond acceptors (Lipinski definition) is 5. The molecule has 0 heterocycles. The Morgan fingerprint density at radius 1 is 0.778 bits per heavy atom. The molecule has 0 fully saturated rings. The van der Waals surface area contributed by atoms with Gasteiger partial charge in [0.2, 0.25) is 10.0 Å². The maximum Gasteiger partial charge on any atom is 0.323 e. The second-order valence-electron chi connectivity index (χ2n) is 8.15. The van der Waals surface area contributed by atoms with Gasteiger partial charge < -0.3 is 9.47 Å². The first-order chi connectivity index (χ1) is 17.3. The molecule has 182 valence electrons. The van der Waals surface area contributed by atoms with Gasteiger partial charge in [0.05, 0.1) is 19.1 Å². The molecule has 0 unspecified atom stereocenters. The molecule has 0 aromatic heterocycles. The highest BCUT2D eigenvalue weighted by atomic mass is 32.2. The van der Waals surface area contributed by atoms with Crippen molar-refractivity contribution >= 4 is 26.8 Å². The number of carbonyl (C=O) groups is 1. The van der Waals surface area contributed by atoms with Crippen LogP contribution in [0.3, 0.4) is 0 Å². The van der Waals surface area contributed by atoms with Crippen LogP contribution in [0.1, 0.15) is 18.1 Å². The van der Waals surface area contributed by atoms with Crippen LogP contribution >= 0.6 is 0 Å². The van der Waals surface area contributed by atoms with Gasteiger partial charge >= 0.3 is 5.97 Å². The average molecular weight is 500 g/mol. The van der Waals surface area contributed by atoms with Gasteiger partial charge in [0.25, 0.3) is 0 Å². The van der Waals surface area contributed by atoms with Crippen LogP contribution in [0.4, 0.5) is 0 Å². The predicted octanol–water partition coefficient (Wildman–Crippen LogP) is 4.76. The van der Waals surface area contributed by atoms with E-state index >= 15 is 0 Å². The van der Waals surface area contributed by atoms with Crippen LogP contribution in [0.25, 0.3) is 21.9 Å². The quantitative estimate of drug-likeness (QED) is 0.306. The van der Waals surface area contributed by atoms with E-state index in [0.717, 1.165) is 38.8 Å². The van der Waals surface area contributed by atoms with Crippen molar-refractivity contribution in [2.45, 2.75) is 17.9 Å². The normalized spacial score (nSPS) is 11.9. The van der Waals surface area contributed by atoms with E-state index in [1.807, 2.05) is 60.7 Å². The Bertz CT molecular complexity index is 1560. The molecule has 0 aliphatic rings. The number of fused-ring (bicyclic) bond motifs is 1. The van der Waals surface area contributed by atoms with Crippen molar-refractivity contribution in [2.75, 3.05) is 14.2 Å². The molecule has 0 amide bonds. The van der Waals surface area contributed by atoms with Crippen LogP contribution in [0.5, 0.6) is 5.75 Å². The Kier molecular flexibility index (Phi) is 7.39. The molecule has 0 aliphatic carbocycles. The highest BCUT2D eigenvalue weighted by Crippen LogP contribution is 2.23. The molecular weight excluding hydrogens is 474 g/mol. The van der Waals surface area contributed by atoms with Crippen molar-refractivity contribution in [3.05, 3.63) is 96.1 Å². The lowest BCUT2D eigenvalue weighted by molar-refractivity contribution is -0.142. The minimum absolute atomic E-state index is 0.0679. The lowest BCUT2D eigenvalue weighted by atomic mass is 10.0. The maximum absolute atomic E-state index is 12.5. The summed E-state index contributed by atoms with van der Waals surface area (Å²) in [5, 5.41) is 2.19. The number of esters is 1. The first-order valence-electron chi connectivity index (χ1n) is 11.2. The standard InChI is InChI=1S/C29H25NO5S/c1-20(29(31)35-3)30-36(32,33)28-16-13-24(14-17-28)23-9-6-21(7-10-23)4-5-22-8-11-26-19-27(34-2)15-12-25(26)18-22/h6-20,30H,1-3H3/t20-/m0/s1. The smallest absolute Gasteiger partial charge is 0.323 e. The van der Waals surface area contributed by atoms with Gasteiger partial charge in [0.15, 0.2) is 0 Å². The van der Waals surface area contributed by atoms with Crippen molar-refractivity contribution in [1.29, 1.82) is 0 Å². The first kappa shape index (κ1) is 25.0. The van der Waals surface area contributed by atoms with Crippen molar-refractivity contribution in [2.24, 2.45) is 0 Å². The molecule has 4 rings (SSSR count). The van der Waals surface area contributed by atoms with Gasteiger partial charge in [-0.2, -0.15) is 4.72 Å². The van der Waals surface area contributed by atoms with E-state index in [0.29, 0.717) is 0 Å². The molecule has 0 aliphatic heterocycles. The Balaban J connectivity index is 1.47. The van der Waals surface area contributed by atoms with E-state index in [4.69, 9.17) is 4.74 Å². The molecule has 4 aromatic carbocycles. The highest BCUT2D eigenvalue weighted by molar-refractivity contribution is 7.89. The Hall–Kier alpha value is -4.12. The third-order valence-electron chi connectivity index (χ3n) is 5.67. The molecule has 0 saturated carbocycles. The number of benzene rings is 4. The number of nitrogens with one attached hydrogen (secondary N) is 1. The van der Waals surface area contributed by atoms with Crippen LogP contribution in [0, 0.1) is 11.8 Å². The van der Waals surface area contributed by atoms with Crippen LogP contribution in [-0.4, -0.2) is 34.6 Å². The molecule has 0 spiro atoms. The van der Waals surface area contributed by atoms with Crippen LogP contribution in [0.2, 0.25) is 0 Å². The molecular formula is C29H25NO5S. The largest absolute Gasteiger partial charge is 0.497 e. The molecule has 6 nitrogen and oxygen atoms in total. The topological polar surface area (TPSA) is 81.7 Å². The van der Waals surface area contributed by atoms with E-state index in [2.05, 4.69) is 21.3 Å². The zero-order valence-electron chi connectivity index (χ0n) is 20.1. The van der Waals surface area contributed by atoms with Crippen LogP contribution < -0.4 is 9.46 Å². The van der Waals surface area contributed by atoms with Crippen LogP contribution in [-0.2, 0) is 19.6 Å². The second kappa shape index (κ2) is 10.6. The molecule has 1 atom stereocenters. The van der Waals surface area contributed by atoms with Crippen molar-refractivity contribution in [3.8, 4) is 28.7 Å². The fourth-order valence-electron chi connectivity index (χ4n) is 3.67. The van der Waals surface area contributed by atoms with E-state index in [1.54, 1.807) is 19.2 Å². The minimum atomic E-state index is -3.85. The van der Waals surface area contributed by atoms with E-state index in [9.17, 15) is 13.2 Å². The van der Waals surface area contributed by atoms with Crippen molar-refractivity contribution < 1.29 is 22.7 Å². The SMILES string of the molecule is COC(=O)[C@H](C)NS(=O)(=O)c1ccc(-c2ccc(C#Cc3ccc4cc(OC)ccc4c3)cc2)cc1. The number of sulfonamides is 1. The molecule has 0 saturated heterocycles. The summed E-state index contributed by atoms with van der Waals surface area (Å²) in [5.41, 5.74) is 3.58. The molecule has 36 heavy (non-hydrogen) atoms. The summed E-state index contributed by atoms with van der Waals surface area (Å²) in [4.78, 5) is 11.6. The summed E-state index contributed by atoms with van der Waals surface area (Å²) in [6, 6.07) is 25.2. The number of rotatable bonds is 6. The van der Waals surface area contributed by atoms with Gasteiger partial charge in [0, 0.05) is 11.1 Å². The molecule has 7 heteroatoms. The first-order valence-corrected chi connectivity index (χ1v) is 12.7. The van der Waals surface area contributed by atoms with E-state index in [1.165, 1.54) is 26.2 Å². The molecule has 0 bridgehead atoms. The summed E-state index contributed by atoms with van der Waals surface area (Å²) in [5.74, 6) is 6.56. The van der Waals surface area contributed by atoms with Gasteiger partial charge in [-0.25, -0.2) is 8.42 Å². The monoisotopic (exact) mass is 499 g/mol. The molecule has 1 N–H and O–H groups in total.